The van der Waals surface area contributed by atoms with Crippen LogP contribution in [0.1, 0.15) is 19.3 Å². The number of hydrogen-bond donors (Lipinski definition) is 3. The molecule has 1 aliphatic rings. The van der Waals surface area contributed by atoms with Crippen LogP contribution in [-0.4, -0.2) is 33.0 Å². The van der Waals surface area contributed by atoms with E-state index in [-0.39, 0.29) is 28.1 Å². The molecule has 1 aromatic rings. The molecule has 120 valence electrons. The third kappa shape index (κ3) is 5.27. The second-order valence-corrected chi connectivity index (χ2v) is 7.11. The van der Waals surface area contributed by atoms with Gasteiger partial charge in [-0.2, -0.15) is 0 Å². The number of halogens is 2. The van der Waals surface area contributed by atoms with Crippen molar-refractivity contribution in [1.82, 2.24) is 15.0 Å². The van der Waals surface area contributed by atoms with Crippen LogP contribution in [0, 0.1) is 5.92 Å². The molecular weight excluding hydrogens is 335 g/mol. The Kier molecular flexibility index (Phi) is 7.15. The summed E-state index contributed by atoms with van der Waals surface area (Å²) in [5.74, 6) is 0.475. The third-order valence-electron chi connectivity index (χ3n) is 3.38. The van der Waals surface area contributed by atoms with Crippen LogP contribution in [0.4, 0.5) is 5.82 Å². The van der Waals surface area contributed by atoms with Gasteiger partial charge in [0.05, 0.1) is 5.02 Å². The van der Waals surface area contributed by atoms with Gasteiger partial charge in [0.25, 0.3) is 0 Å². The molecule has 0 saturated carbocycles. The average molecular weight is 355 g/mol. The molecule has 1 atom stereocenters. The molecule has 0 bridgehead atoms. The third-order valence-corrected chi connectivity index (χ3v) is 5.08. The van der Waals surface area contributed by atoms with Crippen molar-refractivity contribution in [3.05, 3.63) is 17.3 Å². The lowest BCUT2D eigenvalue weighted by Crippen LogP contribution is -2.33. The largest absolute Gasteiger partial charge is 0.383 e. The molecular formula is C12H20Cl2N4O2S. The Labute approximate surface area is 136 Å². The van der Waals surface area contributed by atoms with E-state index in [1.807, 2.05) is 0 Å². The fourth-order valence-electron chi connectivity index (χ4n) is 2.29. The van der Waals surface area contributed by atoms with Crippen molar-refractivity contribution in [3.8, 4) is 0 Å². The quantitative estimate of drug-likeness (QED) is 0.742. The zero-order valence-corrected chi connectivity index (χ0v) is 13.9. The molecule has 0 spiro atoms. The van der Waals surface area contributed by atoms with Gasteiger partial charge in [0.1, 0.15) is 10.7 Å². The Bertz CT molecular complexity index is 562. The van der Waals surface area contributed by atoms with Gasteiger partial charge in [-0.25, -0.2) is 18.1 Å². The second-order valence-electron chi connectivity index (χ2n) is 4.94. The van der Waals surface area contributed by atoms with Crippen LogP contribution >= 0.6 is 24.0 Å². The Morgan fingerprint density at radius 2 is 2.29 bits per heavy atom. The van der Waals surface area contributed by atoms with E-state index in [9.17, 15) is 8.42 Å². The van der Waals surface area contributed by atoms with Crippen LogP contribution in [0.2, 0.25) is 5.02 Å². The molecule has 1 saturated heterocycles. The van der Waals surface area contributed by atoms with E-state index in [2.05, 4.69) is 15.0 Å². The van der Waals surface area contributed by atoms with Gasteiger partial charge >= 0.3 is 0 Å². The maximum atomic E-state index is 12.1. The first-order valence-electron chi connectivity index (χ1n) is 6.60. The standard InChI is InChI=1S/C12H19ClN4O2S.ClH/c13-10-6-11(12(14)16-8-10)20(18,19)17-5-3-9-2-1-4-15-7-9;/h6,8-9,15,17H,1-5,7H2,(H2,14,16);1H. The highest BCUT2D eigenvalue weighted by Crippen LogP contribution is 2.20. The summed E-state index contributed by atoms with van der Waals surface area (Å²) in [5.41, 5.74) is 5.59. The smallest absolute Gasteiger partial charge is 0.244 e. The molecule has 1 unspecified atom stereocenters. The summed E-state index contributed by atoms with van der Waals surface area (Å²) in [6, 6.07) is 1.31. The van der Waals surface area contributed by atoms with Crippen molar-refractivity contribution in [1.29, 1.82) is 0 Å². The number of piperidine rings is 1. The first kappa shape index (κ1) is 18.4. The molecule has 9 heteroatoms. The van der Waals surface area contributed by atoms with Gasteiger partial charge < -0.3 is 11.1 Å². The maximum absolute atomic E-state index is 12.1. The van der Waals surface area contributed by atoms with E-state index in [4.69, 9.17) is 17.3 Å². The fourth-order valence-corrected chi connectivity index (χ4v) is 3.67. The van der Waals surface area contributed by atoms with Crippen molar-refractivity contribution >= 4 is 39.8 Å². The Morgan fingerprint density at radius 3 is 2.95 bits per heavy atom. The minimum absolute atomic E-state index is 0. The van der Waals surface area contributed by atoms with Gasteiger partial charge in [0.2, 0.25) is 10.0 Å². The van der Waals surface area contributed by atoms with Crippen LogP contribution in [0.25, 0.3) is 0 Å². The number of sulfonamides is 1. The Morgan fingerprint density at radius 1 is 1.52 bits per heavy atom. The number of nitrogen functional groups attached to an aromatic ring is 1. The maximum Gasteiger partial charge on any atom is 0.244 e. The molecule has 0 aromatic carbocycles. The molecule has 2 heterocycles. The molecule has 1 aliphatic heterocycles. The minimum atomic E-state index is -3.66. The Hall–Kier alpha value is -0.600. The number of hydrogen-bond acceptors (Lipinski definition) is 5. The number of nitrogens with two attached hydrogens (primary N) is 1. The number of pyridine rings is 1. The fraction of sp³-hybridized carbons (Fsp3) is 0.583. The Balaban J connectivity index is 0.00000220. The monoisotopic (exact) mass is 354 g/mol. The van der Waals surface area contributed by atoms with E-state index < -0.39 is 10.0 Å². The number of nitrogens with zero attached hydrogens (tertiary/aromatic N) is 1. The molecule has 21 heavy (non-hydrogen) atoms. The summed E-state index contributed by atoms with van der Waals surface area (Å²) in [6.45, 7) is 2.39. The van der Waals surface area contributed by atoms with Crippen LogP contribution in [0.3, 0.4) is 0 Å². The first-order chi connectivity index (χ1) is 9.49. The van der Waals surface area contributed by atoms with Crippen molar-refractivity contribution < 1.29 is 8.42 Å². The van der Waals surface area contributed by atoms with Gasteiger partial charge in [-0.05, 0) is 44.3 Å². The summed E-state index contributed by atoms with van der Waals surface area (Å²) < 4.78 is 26.8. The van der Waals surface area contributed by atoms with Crippen molar-refractivity contribution in [3.63, 3.8) is 0 Å². The number of rotatable bonds is 5. The van der Waals surface area contributed by atoms with Crippen LogP contribution < -0.4 is 15.8 Å². The topological polar surface area (TPSA) is 97.1 Å². The predicted molar refractivity (Wildman–Crippen MR) is 86.3 cm³/mol. The van der Waals surface area contributed by atoms with Crippen molar-refractivity contribution in [2.24, 2.45) is 5.92 Å². The van der Waals surface area contributed by atoms with Crippen LogP contribution in [-0.2, 0) is 10.0 Å². The number of nitrogens with one attached hydrogen (secondary N) is 2. The summed E-state index contributed by atoms with van der Waals surface area (Å²) in [7, 11) is -3.66. The molecule has 6 nitrogen and oxygen atoms in total. The van der Waals surface area contributed by atoms with Gasteiger partial charge in [-0.15, -0.1) is 12.4 Å². The average Bonchev–Trinajstić information content (AvgIpc) is 2.42. The minimum Gasteiger partial charge on any atom is -0.383 e. The van der Waals surface area contributed by atoms with Crippen LogP contribution in [0.15, 0.2) is 17.2 Å². The summed E-state index contributed by atoms with van der Waals surface area (Å²) in [6.07, 6.45) is 4.40. The van der Waals surface area contributed by atoms with Crippen LogP contribution in [0.5, 0.6) is 0 Å². The lowest BCUT2D eigenvalue weighted by molar-refractivity contribution is 0.358. The zero-order valence-electron chi connectivity index (χ0n) is 11.5. The molecule has 4 N–H and O–H groups in total. The summed E-state index contributed by atoms with van der Waals surface area (Å²) in [5, 5.41) is 3.55. The summed E-state index contributed by atoms with van der Waals surface area (Å²) in [4.78, 5) is 3.70. The molecule has 1 aromatic heterocycles. The van der Waals surface area contributed by atoms with Crippen molar-refractivity contribution in [2.75, 3.05) is 25.4 Å². The lowest BCUT2D eigenvalue weighted by atomic mass is 9.96. The molecule has 0 amide bonds. The number of anilines is 1. The van der Waals surface area contributed by atoms with Gasteiger partial charge in [-0.1, -0.05) is 11.6 Å². The normalized spacial score (nSPS) is 19.0. The highest BCUT2D eigenvalue weighted by molar-refractivity contribution is 7.89. The van der Waals surface area contributed by atoms with Gasteiger partial charge in [0.15, 0.2) is 0 Å². The van der Waals surface area contributed by atoms with E-state index in [0.717, 1.165) is 32.4 Å². The molecule has 2 rings (SSSR count). The number of aromatic nitrogens is 1. The van der Waals surface area contributed by atoms with E-state index in [1.165, 1.54) is 12.3 Å². The highest BCUT2D eigenvalue weighted by Gasteiger charge is 2.20. The molecule has 0 radical (unpaired) electrons. The molecule has 0 aliphatic carbocycles. The highest BCUT2D eigenvalue weighted by atomic mass is 35.5. The van der Waals surface area contributed by atoms with Gasteiger partial charge in [0, 0.05) is 12.7 Å². The van der Waals surface area contributed by atoms with E-state index in [1.54, 1.807) is 0 Å². The lowest BCUT2D eigenvalue weighted by Gasteiger charge is -2.22. The zero-order chi connectivity index (χ0) is 14.6. The molecule has 1 fully saturated rings. The van der Waals surface area contributed by atoms with Gasteiger partial charge in [-0.3, -0.25) is 0 Å². The predicted octanol–water partition coefficient (Wildman–Crippen LogP) is 1.41. The summed E-state index contributed by atoms with van der Waals surface area (Å²) >= 11 is 5.76. The first-order valence-corrected chi connectivity index (χ1v) is 8.46. The van der Waals surface area contributed by atoms with E-state index in [0.29, 0.717) is 12.5 Å². The SMILES string of the molecule is Cl.Nc1ncc(Cl)cc1S(=O)(=O)NCCC1CCCNC1. The van der Waals surface area contributed by atoms with E-state index >= 15 is 0 Å². The second kappa shape index (κ2) is 8.14. The van der Waals surface area contributed by atoms with Crippen molar-refractivity contribution in [2.45, 2.75) is 24.2 Å².